The second-order valence-electron chi connectivity index (χ2n) is 8.07. The monoisotopic (exact) mass is 514 g/mol. The van der Waals surface area contributed by atoms with E-state index < -0.39 is 0 Å². The largest absolute Gasteiger partial charge is 0.496 e. The maximum Gasteiger partial charge on any atom is 0.267 e. The summed E-state index contributed by atoms with van der Waals surface area (Å²) in [5.41, 5.74) is 1.66. The molecule has 0 unspecified atom stereocenters. The highest BCUT2D eigenvalue weighted by Gasteiger charge is 2.41. The van der Waals surface area contributed by atoms with Gasteiger partial charge in [-0.05, 0) is 70.7 Å². The molecule has 0 N–H and O–H groups in total. The minimum atomic E-state index is 0.0115. The maximum atomic E-state index is 13.6. The van der Waals surface area contributed by atoms with Crippen LogP contribution in [0.25, 0.3) is 6.08 Å². The van der Waals surface area contributed by atoms with Crippen LogP contribution in [-0.4, -0.2) is 36.2 Å². The van der Waals surface area contributed by atoms with Crippen molar-refractivity contribution in [3.8, 4) is 11.5 Å². The first-order valence-corrected chi connectivity index (χ1v) is 12.4. The molecule has 1 saturated carbocycles. The Morgan fingerprint density at radius 2 is 1.81 bits per heavy atom. The second kappa shape index (κ2) is 10.1. The quantitative estimate of drug-likeness (QED) is 0.419. The Hall–Kier alpha value is -2.25. The van der Waals surface area contributed by atoms with Crippen molar-refractivity contribution in [3.05, 3.63) is 57.4 Å². The molecule has 0 spiro atoms. The summed E-state index contributed by atoms with van der Waals surface area (Å²) in [6.07, 6.45) is 6.39. The van der Waals surface area contributed by atoms with E-state index in [0.29, 0.717) is 22.3 Å². The third-order valence-corrected chi connectivity index (χ3v) is 7.61. The van der Waals surface area contributed by atoms with E-state index >= 15 is 0 Å². The fraction of sp³-hybridized carbons (Fsp3) is 0.360. The summed E-state index contributed by atoms with van der Waals surface area (Å²) in [4.78, 5) is 21.1. The van der Waals surface area contributed by atoms with Gasteiger partial charge in [0.1, 0.15) is 11.5 Å². The van der Waals surface area contributed by atoms with Gasteiger partial charge >= 0.3 is 0 Å². The first-order chi connectivity index (χ1) is 15.5. The van der Waals surface area contributed by atoms with E-state index in [0.717, 1.165) is 40.2 Å². The number of ether oxygens (including phenoxy) is 2. The van der Waals surface area contributed by atoms with Crippen molar-refractivity contribution in [3.63, 3.8) is 0 Å². The molecule has 1 saturated heterocycles. The fourth-order valence-corrected chi connectivity index (χ4v) is 5.85. The van der Waals surface area contributed by atoms with Crippen LogP contribution >= 0.6 is 27.7 Å². The number of benzene rings is 2. The molecule has 4 rings (SSSR count). The molecule has 0 radical (unpaired) electrons. The number of hydrogen-bond acceptors (Lipinski definition) is 5. The highest BCUT2D eigenvalue weighted by molar-refractivity contribution is 9.10. The number of methoxy groups -OCH3 is 2. The molecule has 0 aromatic heterocycles. The number of carbonyl (C=O) groups is 1. The van der Waals surface area contributed by atoms with Crippen LogP contribution in [0.4, 0.5) is 5.69 Å². The van der Waals surface area contributed by atoms with Gasteiger partial charge in [0.25, 0.3) is 5.91 Å². The highest BCUT2D eigenvalue weighted by Crippen LogP contribution is 2.42. The maximum absolute atomic E-state index is 13.6. The molecule has 1 heterocycles. The van der Waals surface area contributed by atoms with Gasteiger partial charge in [0.05, 0.1) is 29.3 Å². The van der Waals surface area contributed by atoms with E-state index in [-0.39, 0.29) is 11.9 Å². The molecule has 168 valence electrons. The smallest absolute Gasteiger partial charge is 0.267 e. The molecule has 2 fully saturated rings. The molecular weight excluding hydrogens is 488 g/mol. The lowest BCUT2D eigenvalue weighted by molar-refractivity contribution is -0.124. The summed E-state index contributed by atoms with van der Waals surface area (Å²) in [7, 11) is 3.23. The molecule has 5 nitrogen and oxygen atoms in total. The van der Waals surface area contributed by atoms with E-state index in [1.807, 2.05) is 53.4 Å². The van der Waals surface area contributed by atoms with Gasteiger partial charge in [0.2, 0.25) is 0 Å². The number of amides is 1. The zero-order chi connectivity index (χ0) is 22.7. The molecule has 32 heavy (non-hydrogen) atoms. The van der Waals surface area contributed by atoms with Gasteiger partial charge in [0.15, 0.2) is 5.17 Å². The molecule has 2 aromatic rings. The highest BCUT2D eigenvalue weighted by atomic mass is 79.9. The van der Waals surface area contributed by atoms with Crippen LogP contribution in [0.5, 0.6) is 11.5 Å². The van der Waals surface area contributed by atoms with Gasteiger partial charge in [0, 0.05) is 17.7 Å². The number of nitrogens with zero attached hydrogens (tertiary/aromatic N) is 2. The molecule has 2 aromatic carbocycles. The van der Waals surface area contributed by atoms with Crippen LogP contribution in [0.3, 0.4) is 0 Å². The Labute approximate surface area is 202 Å². The van der Waals surface area contributed by atoms with Crippen molar-refractivity contribution in [1.29, 1.82) is 0 Å². The molecule has 7 heteroatoms. The lowest BCUT2D eigenvalue weighted by atomic mass is 9.85. The number of para-hydroxylation sites is 1. The zero-order valence-corrected chi connectivity index (χ0v) is 20.9. The predicted molar refractivity (Wildman–Crippen MR) is 135 cm³/mol. The SMILES string of the molecule is COc1cc(OC)c(/C=C2\SC(=Nc3ccccc3)N([C@@H]3CCCC[C@@H]3C)C2=O)cc1Br. The molecule has 1 aliphatic carbocycles. The van der Waals surface area contributed by atoms with Gasteiger partial charge < -0.3 is 9.47 Å². The summed E-state index contributed by atoms with van der Waals surface area (Å²) in [5.74, 6) is 1.78. The van der Waals surface area contributed by atoms with Gasteiger partial charge in [-0.25, -0.2) is 4.99 Å². The molecule has 1 amide bonds. The van der Waals surface area contributed by atoms with Crippen LogP contribution in [-0.2, 0) is 4.79 Å². The summed E-state index contributed by atoms with van der Waals surface area (Å²) in [6, 6.07) is 13.7. The molecular formula is C25H27BrN2O3S. The Morgan fingerprint density at radius 3 is 2.50 bits per heavy atom. The van der Waals surface area contributed by atoms with Crippen LogP contribution in [0, 0.1) is 5.92 Å². The summed E-state index contributed by atoms with van der Waals surface area (Å²) < 4.78 is 11.7. The van der Waals surface area contributed by atoms with Crippen molar-refractivity contribution in [2.45, 2.75) is 38.6 Å². The number of rotatable bonds is 5. The summed E-state index contributed by atoms with van der Waals surface area (Å²) in [5, 5.41) is 0.748. The average Bonchev–Trinajstić information content (AvgIpc) is 3.09. The lowest BCUT2D eigenvalue weighted by Crippen LogP contribution is -2.44. The third kappa shape index (κ3) is 4.74. The topological polar surface area (TPSA) is 51.1 Å². The lowest BCUT2D eigenvalue weighted by Gasteiger charge is -2.35. The zero-order valence-electron chi connectivity index (χ0n) is 18.5. The van der Waals surface area contributed by atoms with Crippen molar-refractivity contribution in [2.24, 2.45) is 10.9 Å². The average molecular weight is 515 g/mol. The fourth-order valence-electron chi connectivity index (χ4n) is 4.29. The minimum absolute atomic E-state index is 0.0115. The first-order valence-electron chi connectivity index (χ1n) is 10.8. The Bertz CT molecular complexity index is 1050. The van der Waals surface area contributed by atoms with Crippen molar-refractivity contribution in [1.82, 2.24) is 4.90 Å². The Kier molecular flexibility index (Phi) is 7.26. The number of thioether (sulfide) groups is 1. The third-order valence-electron chi connectivity index (χ3n) is 6.01. The number of carbonyl (C=O) groups excluding carboxylic acids is 1. The molecule has 1 aliphatic heterocycles. The van der Waals surface area contributed by atoms with Crippen molar-refractivity contribution < 1.29 is 14.3 Å². The normalized spacial score (nSPS) is 23.8. The van der Waals surface area contributed by atoms with Crippen LogP contribution < -0.4 is 9.47 Å². The molecule has 2 atom stereocenters. The van der Waals surface area contributed by atoms with E-state index in [2.05, 4.69) is 22.9 Å². The predicted octanol–water partition coefficient (Wildman–Crippen LogP) is 6.65. The number of halogens is 1. The van der Waals surface area contributed by atoms with Crippen LogP contribution in [0.15, 0.2) is 56.8 Å². The molecule has 2 aliphatic rings. The van der Waals surface area contributed by atoms with E-state index in [1.54, 1.807) is 14.2 Å². The Balaban J connectivity index is 1.75. The van der Waals surface area contributed by atoms with Gasteiger partial charge in [-0.3, -0.25) is 9.69 Å². The van der Waals surface area contributed by atoms with E-state index in [1.165, 1.54) is 18.2 Å². The van der Waals surface area contributed by atoms with Crippen molar-refractivity contribution in [2.75, 3.05) is 14.2 Å². The number of amidine groups is 1. The van der Waals surface area contributed by atoms with Crippen LogP contribution in [0.2, 0.25) is 0 Å². The standard InChI is InChI=1S/C25H27BrN2O3S/c1-16-9-7-8-12-20(16)28-24(29)23(32-25(28)27-18-10-5-4-6-11-18)14-17-13-19(26)22(31-3)15-21(17)30-2/h4-6,10-11,13-16,20H,7-9,12H2,1-3H3/b23-14-,27-25?/t16-,20+/m0/s1. The second-order valence-corrected chi connectivity index (χ2v) is 9.94. The van der Waals surface area contributed by atoms with Gasteiger partial charge in [-0.1, -0.05) is 38.0 Å². The Morgan fingerprint density at radius 1 is 1.09 bits per heavy atom. The number of aliphatic imine (C=N–C) groups is 1. The number of hydrogen-bond donors (Lipinski definition) is 0. The van der Waals surface area contributed by atoms with Gasteiger partial charge in [-0.15, -0.1) is 0 Å². The van der Waals surface area contributed by atoms with E-state index in [4.69, 9.17) is 14.5 Å². The van der Waals surface area contributed by atoms with Crippen LogP contribution in [0.1, 0.15) is 38.2 Å². The summed E-state index contributed by atoms with van der Waals surface area (Å²) >= 11 is 4.97. The minimum Gasteiger partial charge on any atom is -0.496 e. The summed E-state index contributed by atoms with van der Waals surface area (Å²) in [6.45, 7) is 2.24. The molecule has 0 bridgehead atoms. The van der Waals surface area contributed by atoms with E-state index in [9.17, 15) is 4.79 Å². The van der Waals surface area contributed by atoms with Gasteiger partial charge in [-0.2, -0.15) is 0 Å². The van der Waals surface area contributed by atoms with Crippen molar-refractivity contribution >= 4 is 50.5 Å². The first kappa shape index (κ1) is 22.9.